The molecule has 0 aliphatic heterocycles. The summed E-state index contributed by atoms with van der Waals surface area (Å²) in [6.45, 7) is 4.25. The van der Waals surface area contributed by atoms with E-state index in [1.807, 2.05) is 13.0 Å². The molecule has 1 aromatic rings. The van der Waals surface area contributed by atoms with Gasteiger partial charge in [0.25, 0.3) is 0 Å². The van der Waals surface area contributed by atoms with Crippen LogP contribution in [0.25, 0.3) is 0 Å². The van der Waals surface area contributed by atoms with Crippen molar-refractivity contribution in [2.24, 2.45) is 0 Å². The first-order valence-electron chi connectivity index (χ1n) is 6.63. The molecule has 0 saturated carbocycles. The molecule has 1 aromatic carbocycles. The first-order chi connectivity index (χ1) is 9.58. The van der Waals surface area contributed by atoms with Gasteiger partial charge in [-0.3, -0.25) is 9.59 Å². The van der Waals surface area contributed by atoms with Crippen LogP contribution in [0.3, 0.4) is 0 Å². The van der Waals surface area contributed by atoms with Crippen molar-refractivity contribution in [2.45, 2.75) is 26.7 Å². The number of anilines is 1. The van der Waals surface area contributed by atoms with Crippen LogP contribution in [0.15, 0.2) is 24.3 Å². The van der Waals surface area contributed by atoms with E-state index in [0.29, 0.717) is 25.1 Å². The molecule has 0 unspecified atom stereocenters. The van der Waals surface area contributed by atoms with E-state index in [2.05, 4.69) is 5.32 Å². The van der Waals surface area contributed by atoms with Crippen LogP contribution in [0.4, 0.5) is 5.69 Å². The first-order valence-corrected chi connectivity index (χ1v) is 6.63. The van der Waals surface area contributed by atoms with Gasteiger partial charge in [0.1, 0.15) is 0 Å². The van der Waals surface area contributed by atoms with Crippen LogP contribution < -0.4 is 10.2 Å². The molecule has 106 valence electrons. The summed E-state index contributed by atoms with van der Waals surface area (Å²) >= 11 is 0. The minimum Gasteiger partial charge on any atom is -0.354 e. The number of hydrogen-bond donors (Lipinski definition) is 1. The van der Waals surface area contributed by atoms with Gasteiger partial charge < -0.3 is 10.2 Å². The third-order valence-electron chi connectivity index (χ3n) is 2.82. The number of carbonyl (C=O) groups excluding carboxylic acids is 2. The molecule has 20 heavy (non-hydrogen) atoms. The third-order valence-corrected chi connectivity index (χ3v) is 2.82. The van der Waals surface area contributed by atoms with Crippen molar-refractivity contribution < 1.29 is 9.59 Å². The molecule has 2 amide bonds. The summed E-state index contributed by atoms with van der Waals surface area (Å²) in [5.74, 6) is -0.102. The van der Waals surface area contributed by atoms with Crippen LogP contribution in [0.1, 0.15) is 32.3 Å². The highest BCUT2D eigenvalue weighted by Crippen LogP contribution is 2.14. The average Bonchev–Trinajstić information content (AvgIpc) is 2.44. The monoisotopic (exact) mass is 273 g/mol. The molecule has 0 bridgehead atoms. The predicted molar refractivity (Wildman–Crippen MR) is 77.1 cm³/mol. The zero-order valence-corrected chi connectivity index (χ0v) is 11.8. The van der Waals surface area contributed by atoms with Gasteiger partial charge in [0.2, 0.25) is 11.8 Å². The van der Waals surface area contributed by atoms with Crippen LogP contribution >= 0.6 is 0 Å². The molecule has 0 spiro atoms. The zero-order valence-electron chi connectivity index (χ0n) is 11.8. The highest BCUT2D eigenvalue weighted by molar-refractivity contribution is 5.91. The molecule has 1 N–H and O–H groups in total. The van der Waals surface area contributed by atoms with E-state index in [1.165, 1.54) is 6.92 Å². The van der Waals surface area contributed by atoms with Gasteiger partial charge in [-0.25, -0.2) is 0 Å². The maximum atomic E-state index is 11.6. The van der Waals surface area contributed by atoms with Gasteiger partial charge in [-0.2, -0.15) is 5.26 Å². The van der Waals surface area contributed by atoms with E-state index in [0.717, 1.165) is 12.1 Å². The standard InChI is InChI=1S/C15H19N3O2/c1-3-4-15(20)17-9-10-18(12(2)19)14-7-5-13(11-16)6-8-14/h5-8H,3-4,9-10H2,1-2H3,(H,17,20). The Kier molecular flexibility index (Phi) is 6.24. The molecule has 0 radical (unpaired) electrons. The van der Waals surface area contributed by atoms with Crippen molar-refractivity contribution >= 4 is 17.5 Å². The number of rotatable bonds is 6. The summed E-state index contributed by atoms with van der Waals surface area (Å²) < 4.78 is 0. The molecule has 0 aliphatic carbocycles. The van der Waals surface area contributed by atoms with E-state index in [9.17, 15) is 9.59 Å². The summed E-state index contributed by atoms with van der Waals surface area (Å²) in [7, 11) is 0. The highest BCUT2D eigenvalue weighted by Gasteiger charge is 2.11. The maximum Gasteiger partial charge on any atom is 0.223 e. The Balaban J connectivity index is 2.63. The fourth-order valence-corrected chi connectivity index (χ4v) is 1.81. The number of hydrogen-bond acceptors (Lipinski definition) is 3. The Morgan fingerprint density at radius 3 is 2.45 bits per heavy atom. The SMILES string of the molecule is CCCC(=O)NCCN(C(C)=O)c1ccc(C#N)cc1. The van der Waals surface area contributed by atoms with Gasteiger partial charge in [-0.05, 0) is 30.7 Å². The second kappa shape index (κ2) is 7.95. The molecule has 5 nitrogen and oxygen atoms in total. The predicted octanol–water partition coefficient (Wildman–Crippen LogP) is 1.83. The topological polar surface area (TPSA) is 73.2 Å². The number of nitrogens with one attached hydrogen (secondary N) is 1. The molecule has 0 saturated heterocycles. The molecule has 0 atom stereocenters. The Bertz CT molecular complexity index is 503. The minimum absolute atomic E-state index is 0.00386. The lowest BCUT2D eigenvalue weighted by Gasteiger charge is -2.21. The summed E-state index contributed by atoms with van der Waals surface area (Å²) in [6, 6.07) is 8.83. The van der Waals surface area contributed by atoms with Gasteiger partial charge in [0, 0.05) is 32.1 Å². The van der Waals surface area contributed by atoms with Crippen molar-refractivity contribution in [2.75, 3.05) is 18.0 Å². The molecule has 0 aromatic heterocycles. The molecule has 0 heterocycles. The average molecular weight is 273 g/mol. The summed E-state index contributed by atoms with van der Waals surface area (Å²) in [5, 5.41) is 11.5. The second-order valence-corrected chi connectivity index (χ2v) is 4.43. The number of carbonyl (C=O) groups is 2. The van der Waals surface area contributed by atoms with Gasteiger partial charge in [0.05, 0.1) is 11.6 Å². The fraction of sp³-hybridized carbons (Fsp3) is 0.400. The molecular weight excluding hydrogens is 254 g/mol. The van der Waals surface area contributed by atoms with E-state index < -0.39 is 0 Å². The van der Waals surface area contributed by atoms with Crippen molar-refractivity contribution in [3.05, 3.63) is 29.8 Å². The molecule has 0 aliphatic rings. The number of benzene rings is 1. The van der Waals surface area contributed by atoms with Gasteiger partial charge >= 0.3 is 0 Å². The van der Waals surface area contributed by atoms with E-state index in [-0.39, 0.29) is 11.8 Å². The van der Waals surface area contributed by atoms with Gasteiger partial charge in [-0.15, -0.1) is 0 Å². The minimum atomic E-state index is -0.0977. The Morgan fingerprint density at radius 1 is 1.30 bits per heavy atom. The van der Waals surface area contributed by atoms with Crippen molar-refractivity contribution in [3.8, 4) is 6.07 Å². The zero-order chi connectivity index (χ0) is 15.0. The summed E-state index contributed by atoms with van der Waals surface area (Å²) in [4.78, 5) is 24.6. The lowest BCUT2D eigenvalue weighted by Crippen LogP contribution is -2.37. The van der Waals surface area contributed by atoms with Crippen molar-refractivity contribution in [3.63, 3.8) is 0 Å². The quantitative estimate of drug-likeness (QED) is 0.859. The molecule has 5 heteroatoms. The van der Waals surface area contributed by atoms with Crippen LogP contribution in [-0.2, 0) is 9.59 Å². The van der Waals surface area contributed by atoms with E-state index >= 15 is 0 Å². The third kappa shape index (κ3) is 4.73. The van der Waals surface area contributed by atoms with Crippen molar-refractivity contribution in [1.29, 1.82) is 5.26 Å². The smallest absolute Gasteiger partial charge is 0.223 e. The van der Waals surface area contributed by atoms with Gasteiger partial charge in [0.15, 0.2) is 0 Å². The second-order valence-electron chi connectivity index (χ2n) is 4.43. The first kappa shape index (κ1) is 15.7. The number of nitrogens with zero attached hydrogens (tertiary/aromatic N) is 2. The highest BCUT2D eigenvalue weighted by atomic mass is 16.2. The largest absolute Gasteiger partial charge is 0.354 e. The summed E-state index contributed by atoms with van der Waals surface area (Å²) in [6.07, 6.45) is 1.30. The maximum absolute atomic E-state index is 11.6. The Labute approximate surface area is 119 Å². The lowest BCUT2D eigenvalue weighted by atomic mass is 10.2. The Morgan fingerprint density at radius 2 is 1.95 bits per heavy atom. The molecule has 0 fully saturated rings. The van der Waals surface area contributed by atoms with E-state index in [4.69, 9.17) is 5.26 Å². The van der Waals surface area contributed by atoms with Crippen LogP contribution in [0.2, 0.25) is 0 Å². The molecular formula is C15H19N3O2. The molecule has 1 rings (SSSR count). The van der Waals surface area contributed by atoms with Gasteiger partial charge in [-0.1, -0.05) is 6.92 Å². The van der Waals surface area contributed by atoms with Crippen LogP contribution in [-0.4, -0.2) is 24.9 Å². The van der Waals surface area contributed by atoms with E-state index in [1.54, 1.807) is 29.2 Å². The normalized spacial score (nSPS) is 9.65. The number of nitriles is 1. The van der Waals surface area contributed by atoms with Crippen molar-refractivity contribution in [1.82, 2.24) is 5.32 Å². The number of amides is 2. The lowest BCUT2D eigenvalue weighted by molar-refractivity contribution is -0.121. The van der Waals surface area contributed by atoms with Crippen LogP contribution in [0.5, 0.6) is 0 Å². The summed E-state index contributed by atoms with van der Waals surface area (Å²) in [5.41, 5.74) is 1.27. The Hall–Kier alpha value is -2.35. The van der Waals surface area contributed by atoms with Crippen LogP contribution in [0, 0.1) is 11.3 Å². The fourth-order valence-electron chi connectivity index (χ4n) is 1.81.